The molecule has 2 N–H and O–H groups in total. The highest BCUT2D eigenvalue weighted by atomic mass is 16.5. The predicted molar refractivity (Wildman–Crippen MR) is 151 cm³/mol. The SMILES string of the molecule is CN1CCOCc2cccc(c2)NC(=O)c2cc(cc(C(C)(C)C)c2)C(=O)Nc2cccc(c2)COCC1. The van der Waals surface area contributed by atoms with Gasteiger partial charge in [0.25, 0.3) is 11.8 Å². The van der Waals surface area contributed by atoms with Crippen LogP contribution in [0.2, 0.25) is 0 Å². The zero-order chi connectivity index (χ0) is 27.1. The molecule has 0 radical (unpaired) electrons. The first kappa shape index (κ1) is 27.5. The third-order valence-electron chi connectivity index (χ3n) is 6.47. The molecule has 0 saturated heterocycles. The molecule has 4 rings (SSSR count). The second-order valence-corrected chi connectivity index (χ2v) is 10.8. The molecule has 0 atom stereocenters. The van der Waals surface area contributed by atoms with Gasteiger partial charge in [0.1, 0.15) is 0 Å². The van der Waals surface area contributed by atoms with Crippen LogP contribution in [0.1, 0.15) is 58.2 Å². The molecule has 38 heavy (non-hydrogen) atoms. The van der Waals surface area contributed by atoms with Crippen LogP contribution in [0, 0.1) is 0 Å². The summed E-state index contributed by atoms with van der Waals surface area (Å²) in [6.07, 6.45) is 0. The van der Waals surface area contributed by atoms with Gasteiger partial charge in [-0.2, -0.15) is 0 Å². The maximum atomic E-state index is 13.3. The lowest BCUT2D eigenvalue weighted by molar-refractivity contribution is 0.0731. The van der Waals surface area contributed by atoms with E-state index in [4.69, 9.17) is 9.47 Å². The molecule has 3 aromatic carbocycles. The van der Waals surface area contributed by atoms with Gasteiger partial charge in [-0.3, -0.25) is 9.59 Å². The van der Waals surface area contributed by atoms with Gasteiger partial charge in [-0.1, -0.05) is 45.0 Å². The maximum Gasteiger partial charge on any atom is 0.255 e. The second kappa shape index (κ2) is 12.3. The molecule has 0 spiro atoms. The zero-order valence-electron chi connectivity index (χ0n) is 22.7. The Hall–Kier alpha value is -3.52. The van der Waals surface area contributed by atoms with Crippen LogP contribution in [0.3, 0.4) is 0 Å². The molecule has 0 fully saturated rings. The molecule has 2 amide bonds. The number of hydrogen-bond donors (Lipinski definition) is 2. The van der Waals surface area contributed by atoms with Gasteiger partial charge in [0, 0.05) is 35.6 Å². The van der Waals surface area contributed by atoms with Crippen molar-refractivity contribution in [3.05, 3.63) is 94.5 Å². The number of likely N-dealkylation sites (N-methyl/N-ethyl adjacent to an activating group) is 1. The summed E-state index contributed by atoms with van der Waals surface area (Å²) in [5.41, 5.74) is 4.81. The number of anilines is 2. The highest BCUT2D eigenvalue weighted by Crippen LogP contribution is 2.26. The Labute approximate surface area is 225 Å². The summed E-state index contributed by atoms with van der Waals surface area (Å²) >= 11 is 0. The van der Waals surface area contributed by atoms with Gasteiger partial charge in [-0.25, -0.2) is 0 Å². The number of benzene rings is 3. The summed E-state index contributed by atoms with van der Waals surface area (Å²) in [4.78, 5) is 28.8. The Kier molecular flexibility index (Phi) is 8.94. The number of carbonyl (C=O) groups is 2. The minimum atomic E-state index is -0.272. The lowest BCUT2D eigenvalue weighted by atomic mass is 9.85. The molecule has 0 unspecified atom stereocenters. The van der Waals surface area contributed by atoms with E-state index in [-0.39, 0.29) is 17.2 Å². The van der Waals surface area contributed by atoms with Crippen LogP contribution < -0.4 is 10.6 Å². The van der Waals surface area contributed by atoms with Gasteiger partial charge in [0.05, 0.1) is 26.4 Å². The van der Waals surface area contributed by atoms with Gasteiger partial charge in [0.2, 0.25) is 0 Å². The molecule has 7 heteroatoms. The van der Waals surface area contributed by atoms with E-state index in [1.807, 2.05) is 67.7 Å². The van der Waals surface area contributed by atoms with Gasteiger partial charge >= 0.3 is 0 Å². The van der Waals surface area contributed by atoms with Gasteiger partial charge in [-0.05, 0) is 71.6 Å². The Morgan fingerprint density at radius 2 is 1.18 bits per heavy atom. The van der Waals surface area contributed by atoms with Crippen LogP contribution in [0.15, 0.2) is 66.7 Å². The summed E-state index contributed by atoms with van der Waals surface area (Å²) < 4.78 is 11.7. The van der Waals surface area contributed by atoms with Crippen molar-refractivity contribution in [2.75, 3.05) is 44.0 Å². The maximum absolute atomic E-state index is 13.3. The quantitative estimate of drug-likeness (QED) is 0.415. The fourth-order valence-electron chi connectivity index (χ4n) is 4.14. The minimum Gasteiger partial charge on any atom is -0.375 e. The first-order valence-electron chi connectivity index (χ1n) is 13.0. The number of nitrogens with zero attached hydrogens (tertiary/aromatic N) is 1. The molecule has 0 aromatic heterocycles. The number of amides is 2. The van der Waals surface area contributed by atoms with E-state index < -0.39 is 0 Å². The highest BCUT2D eigenvalue weighted by molar-refractivity contribution is 6.09. The summed E-state index contributed by atoms with van der Waals surface area (Å²) in [6.45, 7) is 9.85. The van der Waals surface area contributed by atoms with Gasteiger partial charge in [0.15, 0.2) is 0 Å². The normalized spacial score (nSPS) is 16.5. The van der Waals surface area contributed by atoms with Crippen molar-refractivity contribution in [2.45, 2.75) is 39.4 Å². The Morgan fingerprint density at radius 3 is 1.63 bits per heavy atom. The van der Waals surface area contributed by atoms with Crippen LogP contribution >= 0.6 is 0 Å². The van der Waals surface area contributed by atoms with Crippen molar-refractivity contribution in [2.24, 2.45) is 0 Å². The summed E-state index contributed by atoms with van der Waals surface area (Å²) in [7, 11) is 2.04. The molecule has 3 aromatic rings. The fourth-order valence-corrected chi connectivity index (χ4v) is 4.14. The van der Waals surface area contributed by atoms with Crippen molar-refractivity contribution in [3.8, 4) is 0 Å². The number of fused-ring (bicyclic) bond motifs is 6. The molecule has 1 heterocycles. The first-order chi connectivity index (χ1) is 18.2. The number of ether oxygens (including phenoxy) is 2. The van der Waals surface area contributed by atoms with E-state index in [0.29, 0.717) is 48.9 Å². The average Bonchev–Trinajstić information content (AvgIpc) is 2.88. The van der Waals surface area contributed by atoms with Crippen LogP contribution in [0.5, 0.6) is 0 Å². The summed E-state index contributed by atoms with van der Waals surface area (Å²) in [5, 5.41) is 5.97. The van der Waals surface area contributed by atoms with Crippen molar-refractivity contribution in [1.29, 1.82) is 0 Å². The molecule has 7 nitrogen and oxygen atoms in total. The number of nitrogens with one attached hydrogen (secondary N) is 2. The number of rotatable bonds is 0. The molecule has 200 valence electrons. The Bertz CT molecular complexity index is 1190. The lowest BCUT2D eigenvalue weighted by Crippen LogP contribution is -2.27. The molecular formula is C31H37N3O4. The third kappa shape index (κ3) is 7.74. The molecular weight excluding hydrogens is 478 g/mol. The molecule has 0 aliphatic carbocycles. The zero-order valence-corrected chi connectivity index (χ0v) is 22.7. The first-order valence-corrected chi connectivity index (χ1v) is 13.0. The highest BCUT2D eigenvalue weighted by Gasteiger charge is 2.20. The van der Waals surface area contributed by atoms with Crippen molar-refractivity contribution in [3.63, 3.8) is 0 Å². The lowest BCUT2D eigenvalue weighted by Gasteiger charge is -2.21. The molecule has 1 aliphatic heterocycles. The Morgan fingerprint density at radius 1 is 0.711 bits per heavy atom. The van der Waals surface area contributed by atoms with E-state index >= 15 is 0 Å². The fraction of sp³-hybridized carbons (Fsp3) is 0.355. The topological polar surface area (TPSA) is 79.9 Å². The van der Waals surface area contributed by atoms with Crippen molar-refractivity contribution in [1.82, 2.24) is 4.90 Å². The van der Waals surface area contributed by atoms with Gasteiger partial charge < -0.3 is 25.0 Å². The smallest absolute Gasteiger partial charge is 0.255 e. The average molecular weight is 516 g/mol. The second-order valence-electron chi connectivity index (χ2n) is 10.8. The summed E-state index contributed by atoms with van der Waals surface area (Å²) in [6, 6.07) is 20.6. The number of hydrogen-bond acceptors (Lipinski definition) is 5. The monoisotopic (exact) mass is 515 g/mol. The number of carbonyl (C=O) groups excluding carboxylic acids is 2. The van der Waals surface area contributed by atoms with Crippen LogP contribution in [0.25, 0.3) is 0 Å². The van der Waals surface area contributed by atoms with Crippen LogP contribution in [0.4, 0.5) is 11.4 Å². The third-order valence-corrected chi connectivity index (χ3v) is 6.47. The van der Waals surface area contributed by atoms with E-state index in [9.17, 15) is 9.59 Å². The van der Waals surface area contributed by atoms with Gasteiger partial charge in [-0.15, -0.1) is 0 Å². The summed E-state index contributed by atoms with van der Waals surface area (Å²) in [5.74, 6) is -0.544. The molecule has 1 aliphatic rings. The van der Waals surface area contributed by atoms with E-state index in [0.717, 1.165) is 29.8 Å². The van der Waals surface area contributed by atoms with E-state index in [1.54, 1.807) is 6.07 Å². The minimum absolute atomic E-state index is 0.251. The van der Waals surface area contributed by atoms with Crippen molar-refractivity contribution >= 4 is 23.2 Å². The Balaban J connectivity index is 1.65. The van der Waals surface area contributed by atoms with Crippen molar-refractivity contribution < 1.29 is 19.1 Å². The van der Waals surface area contributed by atoms with E-state index in [2.05, 4.69) is 36.3 Å². The standard InChI is InChI=1S/C31H37N3O4/c1-31(2,3)26-18-24-17-25(19-26)30(36)33-28-10-6-8-23(16-28)21-38-14-12-34(4)11-13-37-20-22-7-5-9-27(15-22)32-29(24)35/h5-10,15-19H,11-14,20-21H2,1-4H3,(H,32,35)(H,33,36). The van der Waals surface area contributed by atoms with Crippen LogP contribution in [-0.2, 0) is 28.1 Å². The molecule has 6 bridgehead atoms. The predicted octanol–water partition coefficient (Wildman–Crippen LogP) is 5.47. The van der Waals surface area contributed by atoms with Crippen LogP contribution in [-0.4, -0.2) is 50.1 Å². The molecule has 0 saturated carbocycles. The largest absolute Gasteiger partial charge is 0.375 e. The van der Waals surface area contributed by atoms with E-state index in [1.165, 1.54) is 0 Å².